The summed E-state index contributed by atoms with van der Waals surface area (Å²) in [5.41, 5.74) is 4.23. The summed E-state index contributed by atoms with van der Waals surface area (Å²) in [6.07, 6.45) is 2.34. The van der Waals surface area contributed by atoms with Crippen molar-refractivity contribution >= 4 is 0 Å². The number of nitrogens with one attached hydrogen (secondary N) is 1. The van der Waals surface area contributed by atoms with Gasteiger partial charge in [-0.1, -0.05) is 23.8 Å². The Hall–Kier alpha value is -0.860. The van der Waals surface area contributed by atoms with Gasteiger partial charge in [-0.25, -0.2) is 0 Å². The molecule has 2 N–H and O–H groups in total. The fraction of sp³-hybridized carbons (Fsp3) is 0.571. The van der Waals surface area contributed by atoms with E-state index in [4.69, 9.17) is 0 Å². The predicted octanol–water partition coefficient (Wildman–Crippen LogP) is 2.17. The Morgan fingerprint density at radius 2 is 2.06 bits per heavy atom. The number of hydrogen-bond donors (Lipinski definition) is 2. The van der Waals surface area contributed by atoms with Crippen molar-refractivity contribution in [1.82, 2.24) is 5.32 Å². The second-order valence-corrected chi connectivity index (χ2v) is 5.19. The normalized spacial score (nSPS) is 17.4. The number of benzene rings is 1. The minimum atomic E-state index is 0.207. The van der Waals surface area contributed by atoms with Gasteiger partial charge in [-0.15, -0.1) is 0 Å². The summed E-state index contributed by atoms with van der Waals surface area (Å²) in [6.45, 7) is 6.45. The highest BCUT2D eigenvalue weighted by molar-refractivity contribution is 5.30. The molecule has 16 heavy (non-hydrogen) atoms. The highest BCUT2D eigenvalue weighted by Gasteiger charge is 2.41. The standard InChI is InChI=1S/C14H21NO/c1-11-3-4-13(12(2)7-11)8-15-9-14(10-16)5-6-14/h3-4,7,15-16H,5-6,8-10H2,1-2H3. The van der Waals surface area contributed by atoms with E-state index in [1.165, 1.54) is 29.5 Å². The molecule has 1 aliphatic carbocycles. The highest BCUT2D eigenvalue weighted by atomic mass is 16.3. The number of aliphatic hydroxyl groups is 1. The van der Waals surface area contributed by atoms with Crippen molar-refractivity contribution in [3.8, 4) is 0 Å². The lowest BCUT2D eigenvalue weighted by molar-refractivity contribution is 0.207. The van der Waals surface area contributed by atoms with E-state index in [9.17, 15) is 5.11 Å². The van der Waals surface area contributed by atoms with Crippen molar-refractivity contribution in [3.05, 3.63) is 34.9 Å². The SMILES string of the molecule is Cc1ccc(CNCC2(CO)CC2)c(C)c1. The number of aliphatic hydroxyl groups excluding tert-OH is 1. The van der Waals surface area contributed by atoms with E-state index >= 15 is 0 Å². The lowest BCUT2D eigenvalue weighted by Gasteiger charge is -2.14. The third-order valence-corrected chi connectivity index (χ3v) is 3.61. The van der Waals surface area contributed by atoms with E-state index in [2.05, 4.69) is 37.4 Å². The van der Waals surface area contributed by atoms with Crippen LogP contribution in [0.2, 0.25) is 0 Å². The van der Waals surface area contributed by atoms with Gasteiger partial charge in [0, 0.05) is 25.1 Å². The van der Waals surface area contributed by atoms with Gasteiger partial charge in [0.25, 0.3) is 0 Å². The largest absolute Gasteiger partial charge is 0.396 e. The van der Waals surface area contributed by atoms with Gasteiger partial charge in [-0.2, -0.15) is 0 Å². The quantitative estimate of drug-likeness (QED) is 0.795. The van der Waals surface area contributed by atoms with Gasteiger partial charge >= 0.3 is 0 Å². The molecule has 2 nitrogen and oxygen atoms in total. The van der Waals surface area contributed by atoms with Crippen molar-refractivity contribution in [3.63, 3.8) is 0 Å². The Morgan fingerprint density at radius 1 is 1.31 bits per heavy atom. The van der Waals surface area contributed by atoms with Crippen LogP contribution in [-0.2, 0) is 6.54 Å². The van der Waals surface area contributed by atoms with E-state index in [1.54, 1.807) is 0 Å². The summed E-state index contributed by atoms with van der Waals surface area (Å²) in [5.74, 6) is 0. The second-order valence-electron chi connectivity index (χ2n) is 5.19. The van der Waals surface area contributed by atoms with Gasteiger partial charge in [-0.3, -0.25) is 0 Å². The lowest BCUT2D eigenvalue weighted by atomic mass is 10.0. The predicted molar refractivity (Wildman–Crippen MR) is 66.4 cm³/mol. The summed E-state index contributed by atoms with van der Waals surface area (Å²) in [5, 5.41) is 12.7. The fourth-order valence-corrected chi connectivity index (χ4v) is 2.07. The zero-order chi connectivity index (χ0) is 11.6. The Kier molecular flexibility index (Phi) is 3.31. The molecule has 0 unspecified atom stereocenters. The first-order chi connectivity index (χ1) is 7.65. The first-order valence-electron chi connectivity index (χ1n) is 6.03. The van der Waals surface area contributed by atoms with E-state index in [0.717, 1.165) is 13.1 Å². The average Bonchev–Trinajstić information content (AvgIpc) is 3.02. The molecule has 1 aliphatic rings. The topological polar surface area (TPSA) is 32.3 Å². The van der Waals surface area contributed by atoms with Crippen molar-refractivity contribution in [2.24, 2.45) is 5.41 Å². The zero-order valence-corrected chi connectivity index (χ0v) is 10.2. The lowest BCUT2D eigenvalue weighted by Crippen LogP contribution is -2.26. The molecular weight excluding hydrogens is 198 g/mol. The molecule has 0 aromatic heterocycles. The Morgan fingerprint density at radius 3 is 2.62 bits per heavy atom. The molecular formula is C14H21NO. The van der Waals surface area contributed by atoms with Crippen LogP contribution in [-0.4, -0.2) is 18.3 Å². The van der Waals surface area contributed by atoms with Crippen LogP contribution in [0.5, 0.6) is 0 Å². The minimum absolute atomic E-state index is 0.207. The van der Waals surface area contributed by atoms with E-state index in [0.29, 0.717) is 6.61 Å². The Balaban J connectivity index is 1.85. The first-order valence-corrected chi connectivity index (χ1v) is 6.03. The third kappa shape index (κ3) is 2.63. The van der Waals surface area contributed by atoms with Gasteiger partial charge in [-0.05, 0) is 37.8 Å². The van der Waals surface area contributed by atoms with Gasteiger partial charge < -0.3 is 10.4 Å². The molecule has 0 spiro atoms. The van der Waals surface area contributed by atoms with Crippen LogP contribution in [0.1, 0.15) is 29.5 Å². The summed E-state index contributed by atoms with van der Waals surface area (Å²) < 4.78 is 0. The maximum Gasteiger partial charge on any atom is 0.0499 e. The molecule has 1 aromatic carbocycles. The maximum absolute atomic E-state index is 9.20. The summed E-state index contributed by atoms with van der Waals surface area (Å²) in [7, 11) is 0. The van der Waals surface area contributed by atoms with Crippen LogP contribution in [0, 0.1) is 19.3 Å². The molecule has 0 bridgehead atoms. The molecule has 0 amide bonds. The fourth-order valence-electron chi connectivity index (χ4n) is 2.07. The van der Waals surface area contributed by atoms with Crippen molar-refractivity contribution in [2.45, 2.75) is 33.2 Å². The van der Waals surface area contributed by atoms with E-state index in [-0.39, 0.29) is 5.41 Å². The summed E-state index contributed by atoms with van der Waals surface area (Å²) in [4.78, 5) is 0. The first kappa shape index (κ1) is 11.6. The van der Waals surface area contributed by atoms with E-state index < -0.39 is 0 Å². The Bertz CT molecular complexity index is 369. The van der Waals surface area contributed by atoms with Gasteiger partial charge in [0.1, 0.15) is 0 Å². The van der Waals surface area contributed by atoms with E-state index in [1.807, 2.05) is 0 Å². The maximum atomic E-state index is 9.20. The molecule has 0 saturated heterocycles. The number of rotatable bonds is 5. The van der Waals surface area contributed by atoms with Crippen LogP contribution in [0.15, 0.2) is 18.2 Å². The molecule has 1 aromatic rings. The molecule has 1 saturated carbocycles. The zero-order valence-electron chi connectivity index (χ0n) is 10.2. The van der Waals surface area contributed by atoms with Gasteiger partial charge in [0.15, 0.2) is 0 Å². The number of hydrogen-bond acceptors (Lipinski definition) is 2. The molecule has 0 aliphatic heterocycles. The minimum Gasteiger partial charge on any atom is -0.396 e. The number of aryl methyl sites for hydroxylation is 2. The molecule has 2 heteroatoms. The molecule has 1 fully saturated rings. The average molecular weight is 219 g/mol. The van der Waals surface area contributed by atoms with Gasteiger partial charge in [0.05, 0.1) is 0 Å². The van der Waals surface area contributed by atoms with Crippen LogP contribution in [0.3, 0.4) is 0 Å². The highest BCUT2D eigenvalue weighted by Crippen LogP contribution is 2.44. The van der Waals surface area contributed by atoms with Crippen LogP contribution < -0.4 is 5.32 Å². The smallest absolute Gasteiger partial charge is 0.0499 e. The molecule has 0 heterocycles. The van der Waals surface area contributed by atoms with Crippen LogP contribution in [0.25, 0.3) is 0 Å². The van der Waals surface area contributed by atoms with Crippen LogP contribution in [0.4, 0.5) is 0 Å². The summed E-state index contributed by atoms with van der Waals surface area (Å²) >= 11 is 0. The second kappa shape index (κ2) is 4.56. The molecule has 2 rings (SSSR count). The van der Waals surface area contributed by atoms with Crippen LogP contribution >= 0.6 is 0 Å². The molecule has 0 atom stereocenters. The Labute approximate surface area is 97.7 Å². The third-order valence-electron chi connectivity index (χ3n) is 3.61. The monoisotopic (exact) mass is 219 g/mol. The molecule has 0 radical (unpaired) electrons. The molecule has 88 valence electrons. The van der Waals surface area contributed by atoms with Gasteiger partial charge in [0.2, 0.25) is 0 Å². The van der Waals surface area contributed by atoms with Crippen molar-refractivity contribution < 1.29 is 5.11 Å². The van der Waals surface area contributed by atoms with Crippen molar-refractivity contribution in [1.29, 1.82) is 0 Å². The van der Waals surface area contributed by atoms with Crippen molar-refractivity contribution in [2.75, 3.05) is 13.2 Å². The summed E-state index contributed by atoms with van der Waals surface area (Å²) in [6, 6.07) is 6.56.